The minimum Gasteiger partial charge on any atom is -0.495 e. The number of benzene rings is 2. The molecule has 8 nitrogen and oxygen atoms in total. The van der Waals surface area contributed by atoms with Gasteiger partial charge in [-0.3, -0.25) is 4.90 Å². The number of para-hydroxylation sites is 2. The van der Waals surface area contributed by atoms with E-state index in [1.807, 2.05) is 36.4 Å². The molecule has 2 aromatic rings. The molecule has 1 aliphatic heterocycles. The van der Waals surface area contributed by atoms with E-state index in [0.29, 0.717) is 13.2 Å². The van der Waals surface area contributed by atoms with Crippen LogP contribution in [0.1, 0.15) is 18.4 Å². The number of piperazine rings is 1. The van der Waals surface area contributed by atoms with Gasteiger partial charge in [0.25, 0.3) is 0 Å². The van der Waals surface area contributed by atoms with E-state index in [1.165, 1.54) is 17.1 Å². The Bertz CT molecular complexity index is 823. The average Bonchev–Trinajstić information content (AvgIpc) is 2.79. The molecule has 0 radical (unpaired) electrons. The van der Waals surface area contributed by atoms with Crippen molar-refractivity contribution in [3.8, 4) is 11.5 Å². The van der Waals surface area contributed by atoms with Crippen LogP contribution in [-0.2, 0) is 6.54 Å². The van der Waals surface area contributed by atoms with E-state index in [-0.39, 0.29) is 0 Å². The average molecular weight is 427 g/mol. The fourth-order valence-electron chi connectivity index (χ4n) is 3.78. The first-order chi connectivity index (χ1) is 15.2. The van der Waals surface area contributed by atoms with Gasteiger partial charge in [-0.05, 0) is 49.2 Å². The molecule has 1 aliphatic rings. The Hall–Kier alpha value is -2.97. The third kappa shape index (κ3) is 7.04. The van der Waals surface area contributed by atoms with E-state index in [1.54, 1.807) is 7.11 Å². The smallest absolute Gasteiger partial charge is 0.142 e. The maximum absolute atomic E-state index is 5.91. The molecule has 8 heteroatoms. The summed E-state index contributed by atoms with van der Waals surface area (Å²) in [6.07, 6.45) is 3.33. The van der Waals surface area contributed by atoms with Crippen molar-refractivity contribution < 1.29 is 9.47 Å². The van der Waals surface area contributed by atoms with Crippen molar-refractivity contribution in [2.75, 3.05) is 51.3 Å². The van der Waals surface area contributed by atoms with Gasteiger partial charge < -0.3 is 20.1 Å². The van der Waals surface area contributed by atoms with E-state index >= 15 is 0 Å². The lowest BCUT2D eigenvalue weighted by molar-refractivity contribution is 0.238. The minimum atomic E-state index is 0.478. The Morgan fingerprint density at radius 3 is 2.65 bits per heavy atom. The number of unbranched alkanes of at least 4 members (excludes halogenated alkanes) is 1. The standard InChI is InChI=1S/C23H34N6O2/c1-30-23-10-3-2-9-22(23)28-14-12-27(13-15-28)11-4-5-16-31-21-8-6-7-20(17-21)18-29(25)26-19-24/h2-3,6-10,17,19H,4-5,11-16,18,25H2,1H3,(H2,24,26). The van der Waals surface area contributed by atoms with Crippen LogP contribution in [0.5, 0.6) is 11.5 Å². The molecule has 0 unspecified atom stereocenters. The first-order valence-corrected chi connectivity index (χ1v) is 10.8. The van der Waals surface area contributed by atoms with Gasteiger partial charge in [0.1, 0.15) is 17.8 Å². The summed E-state index contributed by atoms with van der Waals surface area (Å²) in [5.74, 6) is 7.54. The number of hydrogen-bond donors (Lipinski definition) is 2. The summed E-state index contributed by atoms with van der Waals surface area (Å²) in [5, 5.41) is 5.12. The Morgan fingerprint density at radius 2 is 1.87 bits per heavy atom. The van der Waals surface area contributed by atoms with Crippen molar-refractivity contribution in [1.29, 1.82) is 0 Å². The zero-order valence-corrected chi connectivity index (χ0v) is 18.3. The first kappa shape index (κ1) is 22.7. The molecular formula is C23H34N6O2. The molecule has 0 aliphatic carbocycles. The maximum atomic E-state index is 5.91. The molecule has 0 bridgehead atoms. The van der Waals surface area contributed by atoms with Crippen molar-refractivity contribution in [2.45, 2.75) is 19.4 Å². The molecule has 168 valence electrons. The predicted octanol–water partition coefficient (Wildman–Crippen LogP) is 2.25. The molecule has 1 fully saturated rings. The molecule has 0 aromatic heterocycles. The van der Waals surface area contributed by atoms with Gasteiger partial charge in [0.15, 0.2) is 0 Å². The third-order valence-electron chi connectivity index (χ3n) is 5.39. The fourth-order valence-corrected chi connectivity index (χ4v) is 3.78. The Balaban J connectivity index is 1.33. The molecule has 3 rings (SSSR count). The van der Waals surface area contributed by atoms with Crippen LogP contribution in [0.25, 0.3) is 0 Å². The van der Waals surface area contributed by atoms with Crippen molar-refractivity contribution in [1.82, 2.24) is 10.0 Å². The number of ether oxygens (including phenoxy) is 2. The lowest BCUT2D eigenvalue weighted by atomic mass is 10.2. The van der Waals surface area contributed by atoms with E-state index in [0.717, 1.165) is 62.6 Å². The van der Waals surface area contributed by atoms with Gasteiger partial charge in [-0.2, -0.15) is 5.10 Å². The molecule has 1 heterocycles. The van der Waals surface area contributed by atoms with Gasteiger partial charge >= 0.3 is 0 Å². The molecule has 4 N–H and O–H groups in total. The minimum absolute atomic E-state index is 0.478. The first-order valence-electron chi connectivity index (χ1n) is 10.8. The van der Waals surface area contributed by atoms with Gasteiger partial charge in [-0.25, -0.2) is 11.0 Å². The van der Waals surface area contributed by atoms with E-state index in [2.05, 4.69) is 27.0 Å². The van der Waals surface area contributed by atoms with Crippen LogP contribution in [0.15, 0.2) is 53.6 Å². The topological polar surface area (TPSA) is 92.6 Å². The van der Waals surface area contributed by atoms with Crippen molar-refractivity contribution in [3.05, 3.63) is 54.1 Å². The molecule has 0 atom stereocenters. The number of rotatable bonds is 11. The molecule has 2 aromatic carbocycles. The third-order valence-corrected chi connectivity index (χ3v) is 5.39. The van der Waals surface area contributed by atoms with Gasteiger partial charge in [-0.15, -0.1) is 0 Å². The Morgan fingerprint density at radius 1 is 1.06 bits per heavy atom. The second-order valence-corrected chi connectivity index (χ2v) is 7.57. The van der Waals surface area contributed by atoms with Crippen molar-refractivity contribution in [3.63, 3.8) is 0 Å². The van der Waals surface area contributed by atoms with Gasteiger partial charge in [0.05, 0.1) is 25.9 Å². The molecule has 0 saturated carbocycles. The van der Waals surface area contributed by atoms with E-state index < -0.39 is 0 Å². The van der Waals surface area contributed by atoms with Gasteiger partial charge in [0.2, 0.25) is 0 Å². The number of nitrogens with zero attached hydrogens (tertiary/aromatic N) is 4. The highest BCUT2D eigenvalue weighted by atomic mass is 16.5. The zero-order valence-electron chi connectivity index (χ0n) is 18.3. The summed E-state index contributed by atoms with van der Waals surface area (Å²) in [6, 6.07) is 16.2. The van der Waals surface area contributed by atoms with Crippen molar-refractivity contribution in [2.24, 2.45) is 16.7 Å². The maximum Gasteiger partial charge on any atom is 0.142 e. The summed E-state index contributed by atoms with van der Waals surface area (Å²) < 4.78 is 11.4. The van der Waals surface area contributed by atoms with Crippen LogP contribution in [0.4, 0.5) is 5.69 Å². The van der Waals surface area contributed by atoms with Gasteiger partial charge in [0, 0.05) is 26.2 Å². The second kappa shape index (κ2) is 12.0. The van der Waals surface area contributed by atoms with Crippen LogP contribution in [0.3, 0.4) is 0 Å². The quantitative estimate of drug-likeness (QED) is 0.187. The summed E-state index contributed by atoms with van der Waals surface area (Å²) in [4.78, 5) is 4.94. The molecular weight excluding hydrogens is 392 g/mol. The predicted molar refractivity (Wildman–Crippen MR) is 125 cm³/mol. The summed E-state index contributed by atoms with van der Waals surface area (Å²) in [6.45, 7) is 6.47. The normalized spacial score (nSPS) is 14.7. The number of hydrogen-bond acceptors (Lipinski definition) is 7. The van der Waals surface area contributed by atoms with Crippen LogP contribution in [0.2, 0.25) is 0 Å². The number of nitrogens with two attached hydrogens (primary N) is 2. The van der Waals surface area contributed by atoms with Gasteiger partial charge in [-0.1, -0.05) is 24.3 Å². The number of hydrazone groups is 1. The zero-order chi connectivity index (χ0) is 21.9. The van der Waals surface area contributed by atoms with Crippen molar-refractivity contribution >= 4 is 12.0 Å². The highest BCUT2D eigenvalue weighted by molar-refractivity contribution is 5.58. The lowest BCUT2D eigenvalue weighted by Gasteiger charge is -2.36. The van der Waals surface area contributed by atoms with Crippen LogP contribution < -0.4 is 25.9 Å². The highest BCUT2D eigenvalue weighted by Gasteiger charge is 2.19. The molecule has 0 spiro atoms. The summed E-state index contributed by atoms with van der Waals surface area (Å²) >= 11 is 0. The molecule has 31 heavy (non-hydrogen) atoms. The molecule has 0 amide bonds. The van der Waals surface area contributed by atoms with E-state index in [9.17, 15) is 0 Å². The number of hydrazine groups is 1. The Labute approximate surface area is 185 Å². The second-order valence-electron chi connectivity index (χ2n) is 7.57. The molecule has 1 saturated heterocycles. The number of methoxy groups -OCH3 is 1. The summed E-state index contributed by atoms with van der Waals surface area (Å²) in [7, 11) is 1.73. The van der Waals surface area contributed by atoms with Crippen LogP contribution in [0, 0.1) is 0 Å². The fraction of sp³-hybridized carbons (Fsp3) is 0.435. The van der Waals surface area contributed by atoms with Crippen LogP contribution >= 0.6 is 0 Å². The SMILES string of the molecule is COc1ccccc1N1CCN(CCCCOc2cccc(CN(N)/N=C\N)c2)CC1. The highest BCUT2D eigenvalue weighted by Crippen LogP contribution is 2.28. The lowest BCUT2D eigenvalue weighted by Crippen LogP contribution is -2.46. The van der Waals surface area contributed by atoms with E-state index in [4.69, 9.17) is 21.1 Å². The summed E-state index contributed by atoms with van der Waals surface area (Å²) in [5.41, 5.74) is 7.47. The largest absolute Gasteiger partial charge is 0.495 e. The number of anilines is 1. The Kier molecular flexibility index (Phi) is 8.81. The van der Waals surface area contributed by atoms with Crippen LogP contribution in [-0.4, -0.2) is 62.8 Å². The monoisotopic (exact) mass is 426 g/mol.